The summed E-state index contributed by atoms with van der Waals surface area (Å²) >= 11 is 0. The van der Waals surface area contributed by atoms with Gasteiger partial charge in [-0.15, -0.1) is 0 Å². The highest BCUT2D eigenvalue weighted by molar-refractivity contribution is 5.90. The van der Waals surface area contributed by atoms with Gasteiger partial charge >= 0.3 is 11.9 Å². The van der Waals surface area contributed by atoms with Crippen molar-refractivity contribution in [3.05, 3.63) is 66.7 Å². The fourth-order valence-electron chi connectivity index (χ4n) is 4.71. The molecule has 0 aliphatic heterocycles. The third-order valence-electron chi connectivity index (χ3n) is 7.72. The van der Waals surface area contributed by atoms with Gasteiger partial charge in [-0.05, 0) is 54.2 Å². The monoisotopic (exact) mass is 578 g/mol. The molecule has 0 aromatic heterocycles. The van der Waals surface area contributed by atoms with Crippen LogP contribution in [-0.2, 0) is 14.3 Å². The third-order valence-corrected chi connectivity index (χ3v) is 7.72. The van der Waals surface area contributed by atoms with Gasteiger partial charge in [0.05, 0.1) is 25.4 Å². The third kappa shape index (κ3) is 15.8. The van der Waals surface area contributed by atoms with Crippen LogP contribution in [-0.4, -0.2) is 31.8 Å². The largest absolute Gasteiger partial charge is 0.494 e. The molecule has 0 aliphatic rings. The average Bonchev–Trinajstić information content (AvgIpc) is 3.03. The lowest BCUT2D eigenvalue weighted by atomic mass is 10.0. The summed E-state index contributed by atoms with van der Waals surface area (Å²) in [5.74, 6) is 0.699. The fraction of sp³-hybridized carbons (Fsp3) is 0.568. The molecule has 5 nitrogen and oxygen atoms in total. The maximum Gasteiger partial charge on any atom is 0.338 e. The Hall–Kier alpha value is -3.08. The van der Waals surface area contributed by atoms with Gasteiger partial charge in [-0.25, -0.2) is 9.59 Å². The summed E-state index contributed by atoms with van der Waals surface area (Å²) in [6.07, 6.45) is 19.8. The lowest BCUT2D eigenvalue weighted by Gasteiger charge is -2.10. The van der Waals surface area contributed by atoms with Crippen LogP contribution in [0.2, 0.25) is 0 Å². The van der Waals surface area contributed by atoms with Crippen molar-refractivity contribution in [3.63, 3.8) is 0 Å². The first kappa shape index (κ1) is 35.1. The SMILES string of the molecule is C=CC(=O)OCCCCCCCCCCCCCCCCOc1ccc(-c2ccc(C(=O)OCC(C)CC)cc2)cc1. The number of ether oxygens (including phenoxy) is 3. The van der Waals surface area contributed by atoms with Crippen molar-refractivity contribution >= 4 is 11.9 Å². The van der Waals surface area contributed by atoms with E-state index in [-0.39, 0.29) is 11.9 Å². The molecule has 0 spiro atoms. The van der Waals surface area contributed by atoms with Crippen LogP contribution in [0.15, 0.2) is 61.2 Å². The molecular formula is C37H54O5. The van der Waals surface area contributed by atoms with E-state index in [1.807, 2.05) is 36.4 Å². The molecule has 0 heterocycles. The summed E-state index contributed by atoms with van der Waals surface area (Å²) < 4.78 is 16.3. The maximum atomic E-state index is 12.2. The van der Waals surface area contributed by atoms with Crippen molar-refractivity contribution < 1.29 is 23.8 Å². The minimum absolute atomic E-state index is 0.261. The number of esters is 2. The predicted molar refractivity (Wildman–Crippen MR) is 173 cm³/mol. The minimum atomic E-state index is -0.318. The Morgan fingerprint density at radius 3 is 1.60 bits per heavy atom. The topological polar surface area (TPSA) is 61.8 Å². The van der Waals surface area contributed by atoms with Crippen LogP contribution in [0.25, 0.3) is 11.1 Å². The molecule has 0 N–H and O–H groups in total. The van der Waals surface area contributed by atoms with Crippen molar-refractivity contribution in [2.75, 3.05) is 19.8 Å². The van der Waals surface area contributed by atoms with Gasteiger partial charge < -0.3 is 14.2 Å². The lowest BCUT2D eigenvalue weighted by molar-refractivity contribution is -0.137. The van der Waals surface area contributed by atoms with E-state index in [0.29, 0.717) is 24.7 Å². The van der Waals surface area contributed by atoms with Gasteiger partial charge in [-0.3, -0.25) is 0 Å². The van der Waals surface area contributed by atoms with E-state index >= 15 is 0 Å². The van der Waals surface area contributed by atoms with Gasteiger partial charge in [0.2, 0.25) is 0 Å². The molecule has 0 fully saturated rings. The second-order valence-electron chi connectivity index (χ2n) is 11.4. The van der Waals surface area contributed by atoms with Gasteiger partial charge in [-0.2, -0.15) is 0 Å². The second-order valence-corrected chi connectivity index (χ2v) is 11.4. The molecule has 2 aromatic carbocycles. The first-order valence-corrected chi connectivity index (χ1v) is 16.3. The van der Waals surface area contributed by atoms with Gasteiger partial charge in [0.25, 0.3) is 0 Å². The molecular weight excluding hydrogens is 524 g/mol. The van der Waals surface area contributed by atoms with E-state index < -0.39 is 0 Å². The molecule has 232 valence electrons. The van der Waals surface area contributed by atoms with Crippen molar-refractivity contribution in [2.45, 2.75) is 110 Å². The van der Waals surface area contributed by atoms with E-state index in [4.69, 9.17) is 14.2 Å². The number of hydrogen-bond donors (Lipinski definition) is 0. The molecule has 0 saturated heterocycles. The molecule has 0 amide bonds. The zero-order valence-corrected chi connectivity index (χ0v) is 26.2. The van der Waals surface area contributed by atoms with Crippen molar-refractivity contribution in [1.82, 2.24) is 0 Å². The van der Waals surface area contributed by atoms with E-state index in [1.165, 1.54) is 76.7 Å². The molecule has 0 bridgehead atoms. The summed E-state index contributed by atoms with van der Waals surface area (Å²) in [7, 11) is 0. The highest BCUT2D eigenvalue weighted by Gasteiger charge is 2.09. The minimum Gasteiger partial charge on any atom is -0.494 e. The summed E-state index contributed by atoms with van der Waals surface area (Å²) in [4.78, 5) is 23.2. The fourth-order valence-corrected chi connectivity index (χ4v) is 4.71. The van der Waals surface area contributed by atoms with Gasteiger partial charge in [0.15, 0.2) is 0 Å². The van der Waals surface area contributed by atoms with Gasteiger partial charge in [0, 0.05) is 6.08 Å². The summed E-state index contributed by atoms with van der Waals surface area (Å²) in [6.45, 7) is 9.31. The average molecular weight is 579 g/mol. The van der Waals surface area contributed by atoms with Gasteiger partial charge in [-0.1, -0.05) is 128 Å². The number of carbonyl (C=O) groups is 2. The zero-order valence-electron chi connectivity index (χ0n) is 26.2. The number of benzene rings is 2. The molecule has 0 saturated carbocycles. The number of hydrogen-bond acceptors (Lipinski definition) is 5. The Bertz CT molecular complexity index is 996. The Kier molecular flexibility index (Phi) is 18.8. The Morgan fingerprint density at radius 1 is 0.667 bits per heavy atom. The Labute approximate surface area is 255 Å². The second kappa shape index (κ2) is 22.5. The van der Waals surface area contributed by atoms with Crippen molar-refractivity contribution in [3.8, 4) is 16.9 Å². The first-order chi connectivity index (χ1) is 20.5. The van der Waals surface area contributed by atoms with Crippen LogP contribution in [0.4, 0.5) is 0 Å². The summed E-state index contributed by atoms with van der Waals surface area (Å²) in [5.41, 5.74) is 2.75. The molecule has 0 aliphatic carbocycles. The van der Waals surface area contributed by atoms with Crippen LogP contribution in [0.5, 0.6) is 5.75 Å². The van der Waals surface area contributed by atoms with Crippen LogP contribution < -0.4 is 4.74 Å². The number of carbonyl (C=O) groups excluding carboxylic acids is 2. The summed E-state index contributed by atoms with van der Waals surface area (Å²) in [5, 5.41) is 0. The molecule has 2 rings (SSSR count). The van der Waals surface area contributed by atoms with E-state index in [0.717, 1.165) is 49.2 Å². The lowest BCUT2D eigenvalue weighted by Crippen LogP contribution is -2.11. The van der Waals surface area contributed by atoms with Crippen LogP contribution in [0.1, 0.15) is 121 Å². The number of rotatable bonds is 24. The number of unbranched alkanes of at least 4 members (excludes halogenated alkanes) is 13. The Morgan fingerprint density at radius 2 is 1.12 bits per heavy atom. The van der Waals surface area contributed by atoms with Crippen LogP contribution >= 0.6 is 0 Å². The van der Waals surface area contributed by atoms with E-state index in [1.54, 1.807) is 0 Å². The molecule has 5 heteroatoms. The van der Waals surface area contributed by atoms with Crippen molar-refractivity contribution in [2.24, 2.45) is 5.92 Å². The molecule has 42 heavy (non-hydrogen) atoms. The molecule has 1 atom stereocenters. The normalized spacial score (nSPS) is 11.6. The summed E-state index contributed by atoms with van der Waals surface area (Å²) in [6, 6.07) is 15.8. The Balaban J connectivity index is 1.43. The van der Waals surface area contributed by atoms with E-state index in [2.05, 4.69) is 32.6 Å². The first-order valence-electron chi connectivity index (χ1n) is 16.3. The maximum absolute atomic E-state index is 12.2. The van der Waals surface area contributed by atoms with Crippen LogP contribution in [0.3, 0.4) is 0 Å². The van der Waals surface area contributed by atoms with E-state index in [9.17, 15) is 9.59 Å². The highest BCUT2D eigenvalue weighted by Crippen LogP contribution is 2.23. The predicted octanol–water partition coefficient (Wildman–Crippen LogP) is 10.1. The van der Waals surface area contributed by atoms with Crippen molar-refractivity contribution in [1.29, 1.82) is 0 Å². The molecule has 1 unspecified atom stereocenters. The molecule has 0 radical (unpaired) electrons. The quantitative estimate of drug-likeness (QED) is 0.0704. The zero-order chi connectivity index (χ0) is 30.3. The molecule has 2 aromatic rings. The van der Waals surface area contributed by atoms with Crippen LogP contribution in [0, 0.1) is 5.92 Å². The standard InChI is InChI=1S/C37H54O5/c1-4-31(3)30-42-37(39)34-22-20-32(21-23-34)33-24-26-35(27-25-33)40-28-18-16-14-12-10-8-6-7-9-11-13-15-17-19-29-41-36(38)5-2/h5,20-27,31H,2,4,6-19,28-30H2,1,3H3. The smallest absolute Gasteiger partial charge is 0.338 e. The highest BCUT2D eigenvalue weighted by atomic mass is 16.5. The van der Waals surface area contributed by atoms with Gasteiger partial charge in [0.1, 0.15) is 5.75 Å².